The molecule has 0 saturated carbocycles. The van der Waals surface area contributed by atoms with Crippen molar-refractivity contribution in [2.24, 2.45) is 0 Å². The molecule has 3 rings (SSSR count). The Morgan fingerprint density at radius 1 is 1.50 bits per heavy atom. The van der Waals surface area contributed by atoms with Crippen LogP contribution in [0.25, 0.3) is 10.6 Å². The van der Waals surface area contributed by atoms with Crippen LogP contribution in [0, 0.1) is 0 Å². The third-order valence-electron chi connectivity index (χ3n) is 3.88. The van der Waals surface area contributed by atoms with Crippen LogP contribution in [0.1, 0.15) is 31.4 Å². The fraction of sp³-hybridized carbons (Fsp3) is 0.533. The third kappa shape index (κ3) is 3.11. The van der Waals surface area contributed by atoms with Crippen molar-refractivity contribution in [3.05, 3.63) is 29.7 Å². The number of rotatable bonds is 6. The van der Waals surface area contributed by atoms with Gasteiger partial charge in [0, 0.05) is 30.1 Å². The van der Waals surface area contributed by atoms with E-state index < -0.39 is 0 Å². The number of aliphatic hydroxyl groups excluding tert-OH is 1. The summed E-state index contributed by atoms with van der Waals surface area (Å²) >= 11 is 1.67. The second kappa shape index (κ2) is 6.52. The first-order chi connectivity index (χ1) is 9.86. The monoisotopic (exact) mass is 292 g/mol. The van der Waals surface area contributed by atoms with Crippen molar-refractivity contribution in [1.82, 2.24) is 9.88 Å². The minimum atomic E-state index is 0.297. The first-order valence-corrected chi connectivity index (χ1v) is 8.06. The summed E-state index contributed by atoms with van der Waals surface area (Å²) in [7, 11) is 0. The summed E-state index contributed by atoms with van der Waals surface area (Å²) in [6, 6.07) is 2.56. The largest absolute Gasteiger partial charge is 0.472 e. The zero-order chi connectivity index (χ0) is 13.8. The maximum Gasteiger partial charge on any atom is 0.126 e. The van der Waals surface area contributed by atoms with Crippen LogP contribution in [-0.2, 0) is 6.54 Å². The number of aliphatic hydroxyl groups is 1. The molecule has 20 heavy (non-hydrogen) atoms. The number of nitrogens with zero attached hydrogens (tertiary/aromatic N) is 2. The van der Waals surface area contributed by atoms with Crippen LogP contribution < -0.4 is 0 Å². The van der Waals surface area contributed by atoms with Gasteiger partial charge in [-0.3, -0.25) is 4.90 Å². The number of thiazole rings is 1. The molecule has 108 valence electrons. The SMILES string of the molecule is OCCCC1CCCN1Cc1csc(-c2ccoc2)n1. The molecule has 1 aliphatic rings. The molecule has 1 saturated heterocycles. The zero-order valence-electron chi connectivity index (χ0n) is 11.5. The van der Waals surface area contributed by atoms with Gasteiger partial charge in [-0.15, -0.1) is 11.3 Å². The Morgan fingerprint density at radius 2 is 2.45 bits per heavy atom. The van der Waals surface area contributed by atoms with Crippen molar-refractivity contribution in [3.63, 3.8) is 0 Å². The smallest absolute Gasteiger partial charge is 0.126 e. The quantitative estimate of drug-likeness (QED) is 0.888. The highest BCUT2D eigenvalue weighted by molar-refractivity contribution is 7.13. The molecule has 1 fully saturated rings. The van der Waals surface area contributed by atoms with Gasteiger partial charge in [-0.2, -0.15) is 0 Å². The lowest BCUT2D eigenvalue weighted by molar-refractivity contribution is 0.209. The van der Waals surface area contributed by atoms with Crippen molar-refractivity contribution in [2.45, 2.75) is 38.3 Å². The van der Waals surface area contributed by atoms with Gasteiger partial charge >= 0.3 is 0 Å². The van der Waals surface area contributed by atoms with Crippen molar-refractivity contribution in [3.8, 4) is 10.6 Å². The number of furan rings is 1. The summed E-state index contributed by atoms with van der Waals surface area (Å²) in [4.78, 5) is 7.20. The van der Waals surface area contributed by atoms with Gasteiger partial charge < -0.3 is 9.52 Å². The Kier molecular flexibility index (Phi) is 4.50. The number of hydrogen-bond acceptors (Lipinski definition) is 5. The number of aromatic nitrogens is 1. The van der Waals surface area contributed by atoms with Crippen LogP contribution in [0.5, 0.6) is 0 Å². The molecule has 1 aliphatic heterocycles. The lowest BCUT2D eigenvalue weighted by Crippen LogP contribution is -2.29. The van der Waals surface area contributed by atoms with Crippen LogP contribution in [-0.4, -0.2) is 34.2 Å². The molecule has 0 bridgehead atoms. The van der Waals surface area contributed by atoms with E-state index in [0.29, 0.717) is 12.6 Å². The molecule has 0 aliphatic carbocycles. The number of likely N-dealkylation sites (tertiary alicyclic amines) is 1. The second-order valence-electron chi connectivity index (χ2n) is 5.29. The van der Waals surface area contributed by atoms with Gasteiger partial charge in [-0.05, 0) is 38.3 Å². The van der Waals surface area contributed by atoms with E-state index in [4.69, 9.17) is 14.5 Å². The van der Waals surface area contributed by atoms with Gasteiger partial charge in [-0.1, -0.05) is 0 Å². The fourth-order valence-corrected chi connectivity index (χ4v) is 3.66. The molecule has 0 aromatic carbocycles. The molecule has 0 radical (unpaired) electrons. The summed E-state index contributed by atoms with van der Waals surface area (Å²) in [6.07, 6.45) is 7.92. The van der Waals surface area contributed by atoms with Crippen LogP contribution in [0.15, 0.2) is 28.4 Å². The lowest BCUT2D eigenvalue weighted by atomic mass is 10.1. The molecule has 1 unspecified atom stereocenters. The molecule has 1 atom stereocenters. The maximum atomic E-state index is 8.97. The summed E-state index contributed by atoms with van der Waals surface area (Å²) in [5, 5.41) is 12.1. The summed E-state index contributed by atoms with van der Waals surface area (Å²) in [5.41, 5.74) is 2.20. The Bertz CT molecular complexity index is 524. The van der Waals surface area contributed by atoms with Crippen LogP contribution in [0.2, 0.25) is 0 Å². The zero-order valence-corrected chi connectivity index (χ0v) is 12.3. The van der Waals surface area contributed by atoms with Gasteiger partial charge in [0.1, 0.15) is 11.3 Å². The van der Waals surface area contributed by atoms with E-state index in [9.17, 15) is 0 Å². The normalized spacial score (nSPS) is 19.8. The standard InChI is InChI=1S/C15H20N2O2S/c18-7-2-4-14-3-1-6-17(14)9-13-11-20-15(16-13)12-5-8-19-10-12/h5,8,10-11,14,18H,1-4,6-7,9H2. The van der Waals surface area contributed by atoms with E-state index in [1.165, 1.54) is 12.8 Å². The summed E-state index contributed by atoms with van der Waals surface area (Å²) in [6.45, 7) is 2.37. The Hall–Kier alpha value is -1.17. The summed E-state index contributed by atoms with van der Waals surface area (Å²) < 4.78 is 5.11. The molecule has 2 aromatic heterocycles. The van der Waals surface area contributed by atoms with Gasteiger partial charge in [-0.25, -0.2) is 4.98 Å². The Balaban J connectivity index is 1.62. The molecule has 3 heterocycles. The fourth-order valence-electron chi connectivity index (χ4n) is 2.86. The van der Waals surface area contributed by atoms with Crippen molar-refractivity contribution >= 4 is 11.3 Å². The summed E-state index contributed by atoms with van der Waals surface area (Å²) in [5.74, 6) is 0. The first-order valence-electron chi connectivity index (χ1n) is 7.18. The molecule has 2 aromatic rings. The van der Waals surface area contributed by atoms with Crippen molar-refractivity contribution < 1.29 is 9.52 Å². The van der Waals surface area contributed by atoms with Crippen LogP contribution in [0.4, 0.5) is 0 Å². The van der Waals surface area contributed by atoms with E-state index in [2.05, 4.69) is 10.3 Å². The van der Waals surface area contributed by atoms with Gasteiger partial charge in [0.25, 0.3) is 0 Å². The average Bonchev–Trinajstić information content (AvgIpc) is 3.18. The first kappa shape index (κ1) is 13.8. The van der Waals surface area contributed by atoms with Crippen LogP contribution in [0.3, 0.4) is 0 Å². The van der Waals surface area contributed by atoms with Gasteiger partial charge in [0.05, 0.1) is 12.0 Å². The van der Waals surface area contributed by atoms with E-state index in [1.54, 1.807) is 23.9 Å². The number of hydrogen-bond donors (Lipinski definition) is 1. The highest BCUT2D eigenvalue weighted by Crippen LogP contribution is 2.27. The molecule has 0 spiro atoms. The molecular weight excluding hydrogens is 272 g/mol. The minimum Gasteiger partial charge on any atom is -0.472 e. The lowest BCUT2D eigenvalue weighted by Gasteiger charge is -2.23. The minimum absolute atomic E-state index is 0.297. The van der Waals surface area contributed by atoms with Crippen molar-refractivity contribution in [2.75, 3.05) is 13.2 Å². The van der Waals surface area contributed by atoms with E-state index in [0.717, 1.165) is 42.2 Å². The molecule has 1 N–H and O–H groups in total. The molecule has 5 heteroatoms. The van der Waals surface area contributed by atoms with E-state index in [-0.39, 0.29) is 0 Å². The Labute approximate surface area is 123 Å². The topological polar surface area (TPSA) is 49.5 Å². The molecular formula is C15H20N2O2S. The predicted octanol–water partition coefficient (Wildman–Crippen LogP) is 3.14. The Morgan fingerprint density at radius 3 is 3.25 bits per heavy atom. The highest BCUT2D eigenvalue weighted by Gasteiger charge is 2.24. The highest BCUT2D eigenvalue weighted by atomic mass is 32.1. The van der Waals surface area contributed by atoms with Crippen LogP contribution >= 0.6 is 11.3 Å². The van der Waals surface area contributed by atoms with Crippen molar-refractivity contribution in [1.29, 1.82) is 0 Å². The predicted molar refractivity (Wildman–Crippen MR) is 79.6 cm³/mol. The van der Waals surface area contributed by atoms with E-state index >= 15 is 0 Å². The van der Waals surface area contributed by atoms with Gasteiger partial charge in [0.15, 0.2) is 0 Å². The van der Waals surface area contributed by atoms with E-state index in [1.807, 2.05) is 6.07 Å². The average molecular weight is 292 g/mol. The third-order valence-corrected chi connectivity index (χ3v) is 4.82. The van der Waals surface area contributed by atoms with Gasteiger partial charge in [0.2, 0.25) is 0 Å². The molecule has 0 amide bonds. The maximum absolute atomic E-state index is 8.97. The second-order valence-corrected chi connectivity index (χ2v) is 6.15. The molecule has 4 nitrogen and oxygen atoms in total.